The standard InChI is InChI=1S/C26H28F4N6O/c1-31-25-32-13-17(14-33-25)16-6-8-21(27)20(11-16)24(37)34-22-12-18(26(28,29)30)7-9-23(22)36-10-4-5-19(15-36)35(2)3/h6-9,11-14,19H,4-5,10,15H2,1-3H3,(H,34,37)(H,31,32,33)/t19-/m0/s1. The van der Waals surface area contributed by atoms with Crippen LogP contribution in [0.4, 0.5) is 34.9 Å². The molecule has 0 radical (unpaired) electrons. The van der Waals surface area contributed by atoms with Crippen LogP contribution in [-0.2, 0) is 6.18 Å². The molecule has 0 spiro atoms. The Morgan fingerprint density at radius 1 is 1.08 bits per heavy atom. The quantitative estimate of drug-likeness (QED) is 0.443. The number of amides is 1. The maximum absolute atomic E-state index is 14.7. The monoisotopic (exact) mass is 516 g/mol. The highest BCUT2D eigenvalue weighted by molar-refractivity contribution is 6.06. The van der Waals surface area contributed by atoms with Gasteiger partial charge in [0.2, 0.25) is 5.95 Å². The number of nitrogens with one attached hydrogen (secondary N) is 2. The van der Waals surface area contributed by atoms with Crippen molar-refractivity contribution in [1.82, 2.24) is 14.9 Å². The van der Waals surface area contributed by atoms with E-state index >= 15 is 0 Å². The first-order chi connectivity index (χ1) is 17.6. The van der Waals surface area contributed by atoms with E-state index < -0.39 is 23.5 Å². The van der Waals surface area contributed by atoms with Crippen molar-refractivity contribution in [3.8, 4) is 11.1 Å². The molecule has 1 aliphatic rings. The molecule has 1 atom stereocenters. The first-order valence-electron chi connectivity index (χ1n) is 11.8. The molecule has 2 heterocycles. The van der Waals surface area contributed by atoms with Gasteiger partial charge in [-0.15, -0.1) is 0 Å². The van der Waals surface area contributed by atoms with Gasteiger partial charge >= 0.3 is 6.18 Å². The molecule has 0 saturated carbocycles. The van der Waals surface area contributed by atoms with Gasteiger partial charge in [0, 0.05) is 44.1 Å². The molecule has 2 aromatic carbocycles. The van der Waals surface area contributed by atoms with Crippen molar-refractivity contribution >= 4 is 23.2 Å². The zero-order valence-corrected chi connectivity index (χ0v) is 20.7. The van der Waals surface area contributed by atoms with Crippen LogP contribution in [0.3, 0.4) is 0 Å². The molecule has 4 rings (SSSR count). The molecule has 196 valence electrons. The highest BCUT2D eigenvalue weighted by Gasteiger charge is 2.32. The number of anilines is 3. The molecule has 37 heavy (non-hydrogen) atoms. The van der Waals surface area contributed by atoms with Crippen molar-refractivity contribution in [2.75, 3.05) is 49.8 Å². The third kappa shape index (κ3) is 5.99. The van der Waals surface area contributed by atoms with Gasteiger partial charge in [0.25, 0.3) is 5.91 Å². The minimum atomic E-state index is -4.60. The van der Waals surface area contributed by atoms with Crippen molar-refractivity contribution in [1.29, 1.82) is 0 Å². The number of halogens is 4. The number of carbonyl (C=O) groups is 1. The lowest BCUT2D eigenvalue weighted by atomic mass is 10.0. The van der Waals surface area contributed by atoms with Gasteiger partial charge in [-0.2, -0.15) is 13.2 Å². The van der Waals surface area contributed by atoms with E-state index in [1.807, 2.05) is 19.0 Å². The minimum absolute atomic E-state index is 0.0225. The number of hydrogen-bond acceptors (Lipinski definition) is 6. The lowest BCUT2D eigenvalue weighted by molar-refractivity contribution is -0.137. The van der Waals surface area contributed by atoms with E-state index in [-0.39, 0.29) is 17.3 Å². The Bertz CT molecular complexity index is 1260. The second kappa shape index (κ2) is 10.7. The van der Waals surface area contributed by atoms with Gasteiger partial charge in [0.15, 0.2) is 0 Å². The third-order valence-electron chi connectivity index (χ3n) is 6.46. The average molecular weight is 517 g/mol. The topological polar surface area (TPSA) is 73.4 Å². The lowest BCUT2D eigenvalue weighted by Crippen LogP contribution is -2.45. The molecule has 11 heteroatoms. The molecule has 1 aromatic heterocycles. The summed E-state index contributed by atoms with van der Waals surface area (Å²) in [6, 6.07) is 7.43. The second-order valence-corrected chi connectivity index (χ2v) is 9.13. The Kier molecular flexibility index (Phi) is 7.63. The van der Waals surface area contributed by atoms with Gasteiger partial charge in [0.1, 0.15) is 5.82 Å². The fraction of sp³-hybridized carbons (Fsp3) is 0.346. The fourth-order valence-electron chi connectivity index (χ4n) is 4.36. The highest BCUT2D eigenvalue weighted by Crippen LogP contribution is 2.37. The molecular formula is C26H28F4N6O. The number of hydrogen-bond donors (Lipinski definition) is 2. The van der Waals surface area contributed by atoms with Crippen LogP contribution >= 0.6 is 0 Å². The molecule has 1 amide bonds. The molecule has 1 aliphatic heterocycles. The summed E-state index contributed by atoms with van der Waals surface area (Å²) in [5.41, 5.74) is 0.275. The number of alkyl halides is 3. The van der Waals surface area contributed by atoms with E-state index in [9.17, 15) is 22.4 Å². The smallest absolute Gasteiger partial charge is 0.368 e. The Morgan fingerprint density at radius 3 is 2.46 bits per heavy atom. The van der Waals surface area contributed by atoms with Crippen molar-refractivity contribution < 1.29 is 22.4 Å². The number of carbonyl (C=O) groups excluding carboxylic acids is 1. The number of likely N-dealkylation sites (N-methyl/N-ethyl adjacent to an activating group) is 1. The molecule has 0 bridgehead atoms. The predicted molar refractivity (Wildman–Crippen MR) is 135 cm³/mol. The average Bonchev–Trinajstić information content (AvgIpc) is 2.88. The second-order valence-electron chi connectivity index (χ2n) is 9.13. The Morgan fingerprint density at radius 2 is 1.81 bits per heavy atom. The van der Waals surface area contributed by atoms with Gasteiger partial charge in [-0.1, -0.05) is 6.07 Å². The summed E-state index contributed by atoms with van der Waals surface area (Å²) in [5.74, 6) is -1.25. The largest absolute Gasteiger partial charge is 0.416 e. The van der Waals surface area contributed by atoms with Crippen LogP contribution in [-0.4, -0.2) is 61.0 Å². The van der Waals surface area contributed by atoms with Gasteiger partial charge in [-0.25, -0.2) is 14.4 Å². The first-order valence-corrected chi connectivity index (χ1v) is 11.8. The summed E-state index contributed by atoms with van der Waals surface area (Å²) in [6.07, 6.45) is 0.258. The Balaban J connectivity index is 1.67. The van der Waals surface area contributed by atoms with Crippen molar-refractivity contribution in [2.24, 2.45) is 0 Å². The number of aromatic nitrogens is 2. The van der Waals surface area contributed by atoms with E-state index in [0.29, 0.717) is 35.9 Å². The van der Waals surface area contributed by atoms with Crippen molar-refractivity contribution in [3.63, 3.8) is 0 Å². The van der Waals surface area contributed by atoms with Crippen molar-refractivity contribution in [2.45, 2.75) is 25.1 Å². The third-order valence-corrected chi connectivity index (χ3v) is 6.46. The van der Waals surface area contributed by atoms with E-state index in [0.717, 1.165) is 31.0 Å². The van der Waals surface area contributed by atoms with E-state index in [1.54, 1.807) is 7.05 Å². The van der Waals surface area contributed by atoms with Crippen LogP contribution in [0, 0.1) is 5.82 Å². The Hall–Kier alpha value is -3.73. The molecule has 0 unspecified atom stereocenters. The minimum Gasteiger partial charge on any atom is -0.368 e. The van der Waals surface area contributed by atoms with E-state index in [4.69, 9.17) is 0 Å². The maximum Gasteiger partial charge on any atom is 0.416 e. The van der Waals surface area contributed by atoms with Crippen molar-refractivity contribution in [3.05, 3.63) is 65.7 Å². The van der Waals surface area contributed by atoms with E-state index in [1.165, 1.54) is 30.6 Å². The summed E-state index contributed by atoms with van der Waals surface area (Å²) >= 11 is 0. The molecule has 2 N–H and O–H groups in total. The van der Waals surface area contributed by atoms with Gasteiger partial charge in [-0.05, 0) is 62.8 Å². The number of nitrogens with zero attached hydrogens (tertiary/aromatic N) is 4. The van der Waals surface area contributed by atoms with Crippen LogP contribution in [0.2, 0.25) is 0 Å². The number of rotatable bonds is 6. The van der Waals surface area contributed by atoms with Crippen LogP contribution in [0.1, 0.15) is 28.8 Å². The number of piperidine rings is 1. The van der Waals surface area contributed by atoms with E-state index in [2.05, 4.69) is 25.5 Å². The fourth-order valence-corrected chi connectivity index (χ4v) is 4.36. The van der Waals surface area contributed by atoms with Crippen LogP contribution < -0.4 is 15.5 Å². The zero-order valence-electron chi connectivity index (χ0n) is 20.7. The molecule has 1 saturated heterocycles. The summed E-state index contributed by atoms with van der Waals surface area (Å²) in [7, 11) is 5.58. The Labute approximate surface area is 212 Å². The van der Waals surface area contributed by atoms with Crippen LogP contribution in [0.5, 0.6) is 0 Å². The number of benzene rings is 2. The molecular weight excluding hydrogens is 488 g/mol. The molecule has 1 fully saturated rings. The SMILES string of the molecule is CNc1ncc(-c2ccc(F)c(C(=O)Nc3cc(C(F)(F)F)ccc3N3CCC[C@H](N(C)C)C3)c2)cn1. The molecule has 7 nitrogen and oxygen atoms in total. The summed E-state index contributed by atoms with van der Waals surface area (Å²) in [6.45, 7) is 1.22. The summed E-state index contributed by atoms with van der Waals surface area (Å²) < 4.78 is 55.3. The lowest BCUT2D eigenvalue weighted by Gasteiger charge is -2.38. The maximum atomic E-state index is 14.7. The molecule has 3 aromatic rings. The van der Waals surface area contributed by atoms with Gasteiger partial charge in [0.05, 0.1) is 22.5 Å². The van der Waals surface area contributed by atoms with Crippen LogP contribution in [0.25, 0.3) is 11.1 Å². The van der Waals surface area contributed by atoms with Crippen LogP contribution in [0.15, 0.2) is 48.8 Å². The zero-order chi connectivity index (χ0) is 26.7. The molecule has 0 aliphatic carbocycles. The highest BCUT2D eigenvalue weighted by atomic mass is 19.4. The summed E-state index contributed by atoms with van der Waals surface area (Å²) in [5, 5.41) is 5.34. The first kappa shape index (κ1) is 26.3. The van der Waals surface area contributed by atoms with Gasteiger partial charge in [-0.3, -0.25) is 4.79 Å². The summed E-state index contributed by atoms with van der Waals surface area (Å²) in [4.78, 5) is 25.5. The van der Waals surface area contributed by atoms with Gasteiger partial charge < -0.3 is 20.4 Å². The predicted octanol–water partition coefficient (Wildman–Crippen LogP) is 5.13. The normalized spacial score (nSPS) is 16.1.